The van der Waals surface area contributed by atoms with Gasteiger partial charge in [0.05, 0.1) is 6.10 Å². The van der Waals surface area contributed by atoms with E-state index in [-0.39, 0.29) is 24.6 Å². The van der Waals surface area contributed by atoms with Gasteiger partial charge in [-0.05, 0) is 76.5 Å². The molecule has 1 heterocycles. The molecule has 0 radical (unpaired) electrons. The minimum Gasteiger partial charge on any atom is -0.458 e. The van der Waals surface area contributed by atoms with E-state index in [1.165, 1.54) is 24.1 Å². The Morgan fingerprint density at radius 2 is 1.86 bits per heavy atom. The first-order chi connectivity index (χ1) is 16.4. The van der Waals surface area contributed by atoms with Gasteiger partial charge < -0.3 is 18.9 Å². The molecule has 0 aromatic heterocycles. The minimum absolute atomic E-state index is 0.0539. The van der Waals surface area contributed by atoms with Gasteiger partial charge in [0.25, 0.3) is 0 Å². The monoisotopic (exact) mass is 495 g/mol. The van der Waals surface area contributed by atoms with Gasteiger partial charge in [-0.15, -0.1) is 0 Å². The van der Waals surface area contributed by atoms with Gasteiger partial charge in [-0.3, -0.25) is 4.90 Å². The molecule has 1 amide bonds. The van der Waals surface area contributed by atoms with Crippen molar-refractivity contribution in [2.75, 3.05) is 20.4 Å². The number of esters is 1. The van der Waals surface area contributed by atoms with Crippen LogP contribution in [0.15, 0.2) is 24.3 Å². The van der Waals surface area contributed by atoms with Gasteiger partial charge in [0.15, 0.2) is 0 Å². The summed E-state index contributed by atoms with van der Waals surface area (Å²) < 4.78 is 36.4. The van der Waals surface area contributed by atoms with Crippen LogP contribution in [0.4, 0.5) is 9.18 Å². The zero-order valence-electron chi connectivity index (χ0n) is 22.2. The highest BCUT2D eigenvalue weighted by atomic mass is 19.1. The van der Waals surface area contributed by atoms with Crippen molar-refractivity contribution < 1.29 is 32.9 Å². The predicted molar refractivity (Wildman–Crippen MR) is 131 cm³/mol. The van der Waals surface area contributed by atoms with E-state index in [4.69, 9.17) is 18.9 Å². The Balaban J connectivity index is 2.29. The van der Waals surface area contributed by atoms with Gasteiger partial charge in [-0.1, -0.05) is 32.4 Å². The molecule has 0 unspecified atom stereocenters. The smallest absolute Gasteiger partial charge is 0.412 e. The third-order valence-corrected chi connectivity index (χ3v) is 5.86. The normalized spacial score (nSPS) is 23.7. The first kappa shape index (κ1) is 29.0. The summed E-state index contributed by atoms with van der Waals surface area (Å²) in [4.78, 5) is 27.5. The van der Waals surface area contributed by atoms with Crippen molar-refractivity contribution in [3.8, 4) is 0 Å². The highest BCUT2D eigenvalue weighted by molar-refractivity contribution is 5.81. The molecular weight excluding hydrogens is 453 g/mol. The lowest BCUT2D eigenvalue weighted by Crippen LogP contribution is -2.49. The molecule has 1 aliphatic rings. The summed E-state index contributed by atoms with van der Waals surface area (Å²) in [5.74, 6) is -0.408. The maximum Gasteiger partial charge on any atom is 0.412 e. The molecule has 4 atom stereocenters. The summed E-state index contributed by atoms with van der Waals surface area (Å²) in [7, 11) is 1.47. The summed E-state index contributed by atoms with van der Waals surface area (Å²) >= 11 is 0. The van der Waals surface area contributed by atoms with Crippen LogP contribution in [0.3, 0.4) is 0 Å². The van der Waals surface area contributed by atoms with Gasteiger partial charge in [0.2, 0.25) is 0 Å². The number of hydrogen-bond acceptors (Lipinski definition) is 6. The molecule has 2 rings (SSSR count). The number of carbonyl (C=O) groups excluding carboxylic acids is 2. The third kappa shape index (κ3) is 9.41. The first-order valence-corrected chi connectivity index (χ1v) is 12.5. The molecule has 198 valence electrons. The second kappa shape index (κ2) is 13.2. The molecule has 0 aliphatic carbocycles. The predicted octanol–water partition coefficient (Wildman–Crippen LogP) is 5.35. The average Bonchev–Trinajstić information content (AvgIpc) is 2.79. The Bertz CT molecular complexity index is 807. The molecule has 0 N–H and O–H groups in total. The van der Waals surface area contributed by atoms with Crippen LogP contribution in [0.1, 0.15) is 66.4 Å². The van der Waals surface area contributed by atoms with E-state index >= 15 is 0 Å². The number of hydrogen-bond donors (Lipinski definition) is 0. The fourth-order valence-corrected chi connectivity index (χ4v) is 4.30. The fourth-order valence-electron chi connectivity index (χ4n) is 4.30. The van der Waals surface area contributed by atoms with Crippen molar-refractivity contribution in [3.05, 3.63) is 35.6 Å². The molecular formula is C27H42FNO6. The number of methoxy groups -OCH3 is 1. The topological polar surface area (TPSA) is 74.3 Å². The fraction of sp³-hybridized carbons (Fsp3) is 0.704. The van der Waals surface area contributed by atoms with Crippen LogP contribution in [0.25, 0.3) is 0 Å². The molecule has 1 aromatic rings. The van der Waals surface area contributed by atoms with Gasteiger partial charge in [0.1, 0.15) is 30.3 Å². The Labute approximate surface area is 209 Å². The van der Waals surface area contributed by atoms with Crippen LogP contribution in [-0.4, -0.2) is 61.3 Å². The Morgan fingerprint density at radius 1 is 1.20 bits per heavy atom. The highest BCUT2D eigenvalue weighted by Gasteiger charge is 2.39. The molecule has 1 fully saturated rings. The second-order valence-electron chi connectivity index (χ2n) is 10.7. The van der Waals surface area contributed by atoms with E-state index in [0.29, 0.717) is 31.8 Å². The van der Waals surface area contributed by atoms with Crippen LogP contribution < -0.4 is 0 Å². The molecule has 1 saturated heterocycles. The van der Waals surface area contributed by atoms with Crippen molar-refractivity contribution >= 4 is 12.1 Å². The van der Waals surface area contributed by atoms with Crippen molar-refractivity contribution in [2.45, 2.75) is 91.1 Å². The van der Waals surface area contributed by atoms with Crippen LogP contribution in [0.2, 0.25) is 0 Å². The number of nitrogens with zero attached hydrogens (tertiary/aromatic N) is 1. The maximum atomic E-state index is 13.4. The van der Waals surface area contributed by atoms with Crippen molar-refractivity contribution in [1.82, 2.24) is 4.90 Å². The minimum atomic E-state index is -0.831. The first-order valence-electron chi connectivity index (χ1n) is 12.5. The van der Waals surface area contributed by atoms with Gasteiger partial charge in [-0.2, -0.15) is 0 Å². The summed E-state index contributed by atoms with van der Waals surface area (Å²) in [6, 6.07) is 5.64. The molecule has 1 aromatic carbocycles. The SMILES string of the molecule is COCN(C(=O)OC(C)(C)C)[C@H]1CCC[C@H](Cc2ccc(F)cc2)[C@@H](OCC(C)C)[C@H](C)OC1=O. The number of cyclic esters (lactones) is 1. The van der Waals surface area contributed by atoms with Crippen molar-refractivity contribution in [2.24, 2.45) is 11.8 Å². The largest absolute Gasteiger partial charge is 0.458 e. The van der Waals surface area contributed by atoms with Crippen LogP contribution in [-0.2, 0) is 30.2 Å². The van der Waals surface area contributed by atoms with E-state index in [1.807, 2.05) is 6.92 Å². The van der Waals surface area contributed by atoms with Gasteiger partial charge in [-0.25, -0.2) is 14.0 Å². The van der Waals surface area contributed by atoms with E-state index in [9.17, 15) is 14.0 Å². The third-order valence-electron chi connectivity index (χ3n) is 5.86. The molecule has 8 heteroatoms. The number of benzene rings is 1. The summed E-state index contributed by atoms with van der Waals surface area (Å²) in [6.07, 6.45) is 1.02. The lowest BCUT2D eigenvalue weighted by molar-refractivity contribution is -0.166. The molecule has 35 heavy (non-hydrogen) atoms. The van der Waals surface area contributed by atoms with E-state index in [2.05, 4.69) is 13.8 Å². The van der Waals surface area contributed by atoms with E-state index < -0.39 is 29.8 Å². The molecule has 0 bridgehead atoms. The van der Waals surface area contributed by atoms with Crippen molar-refractivity contribution in [3.63, 3.8) is 0 Å². The Morgan fingerprint density at radius 3 is 2.43 bits per heavy atom. The van der Waals surface area contributed by atoms with Gasteiger partial charge in [0, 0.05) is 13.7 Å². The summed E-state index contributed by atoms with van der Waals surface area (Å²) in [5.41, 5.74) is 0.285. The zero-order chi connectivity index (χ0) is 26.2. The Kier molecular flexibility index (Phi) is 11.0. The van der Waals surface area contributed by atoms with Crippen molar-refractivity contribution in [1.29, 1.82) is 0 Å². The van der Waals surface area contributed by atoms with E-state index in [0.717, 1.165) is 12.0 Å². The molecule has 7 nitrogen and oxygen atoms in total. The number of ether oxygens (including phenoxy) is 4. The summed E-state index contributed by atoms with van der Waals surface area (Å²) in [6.45, 7) is 11.7. The average molecular weight is 496 g/mol. The second-order valence-corrected chi connectivity index (χ2v) is 10.7. The zero-order valence-corrected chi connectivity index (χ0v) is 22.2. The maximum absolute atomic E-state index is 13.4. The number of rotatable bonds is 8. The van der Waals surface area contributed by atoms with Crippen LogP contribution in [0.5, 0.6) is 0 Å². The van der Waals surface area contributed by atoms with Crippen LogP contribution in [0, 0.1) is 17.7 Å². The van der Waals surface area contributed by atoms with E-state index in [1.54, 1.807) is 32.9 Å². The quantitative estimate of drug-likeness (QED) is 0.358. The number of carbonyl (C=O) groups is 2. The van der Waals surface area contributed by atoms with Gasteiger partial charge >= 0.3 is 12.1 Å². The lowest BCUT2D eigenvalue weighted by atomic mass is 9.86. The lowest BCUT2D eigenvalue weighted by Gasteiger charge is -2.33. The molecule has 1 aliphatic heterocycles. The molecule has 0 saturated carbocycles. The standard InChI is InChI=1S/C27H42FNO6/c1-18(2)16-33-24-19(3)34-25(30)23(29(17-32-7)26(31)35-27(4,5)6)10-8-9-21(24)15-20-11-13-22(28)14-12-20/h11-14,18-19,21,23-24H,8-10,15-17H2,1-7H3/t19-,21+,23-,24-/m0/s1. The number of amides is 1. The summed E-state index contributed by atoms with van der Waals surface area (Å²) in [5, 5.41) is 0. The molecule has 0 spiro atoms. The number of halogens is 1. The Hall–Kier alpha value is -2.19. The van der Waals surface area contributed by atoms with Crippen LogP contribution >= 0.6 is 0 Å². The highest BCUT2D eigenvalue weighted by Crippen LogP contribution is 2.29.